The third kappa shape index (κ3) is 4.74. The summed E-state index contributed by atoms with van der Waals surface area (Å²) in [5.41, 5.74) is 0.494. The molecule has 2 aromatic heterocycles. The van der Waals surface area contributed by atoms with Crippen LogP contribution >= 0.6 is 15.9 Å². The highest BCUT2D eigenvalue weighted by Gasteiger charge is 2.15. The minimum absolute atomic E-state index is 0.373. The molecule has 0 atom stereocenters. The monoisotopic (exact) mass is 353 g/mol. The van der Waals surface area contributed by atoms with Gasteiger partial charge in [0.2, 0.25) is 0 Å². The molecular formula is C15H20BrN3O2. The Morgan fingerprint density at radius 2 is 2.24 bits per heavy atom. The molecule has 114 valence electrons. The number of hydrogen-bond donors (Lipinski definition) is 1. The van der Waals surface area contributed by atoms with Crippen molar-refractivity contribution in [3.8, 4) is 0 Å². The maximum Gasteiger partial charge on any atom is 0.407 e. The molecule has 2 heterocycles. The normalized spacial score (nSPS) is 11.6. The molecule has 1 amide bonds. The highest BCUT2D eigenvalue weighted by atomic mass is 79.9. The number of hydrogen-bond acceptors (Lipinski definition) is 3. The Morgan fingerprint density at radius 1 is 1.48 bits per heavy atom. The number of carbonyl (C=O) groups is 1. The zero-order valence-corrected chi connectivity index (χ0v) is 14.1. The lowest BCUT2D eigenvalue weighted by Gasteiger charge is -2.19. The maximum atomic E-state index is 11.5. The van der Waals surface area contributed by atoms with Crippen molar-refractivity contribution in [3.05, 3.63) is 29.0 Å². The van der Waals surface area contributed by atoms with Crippen molar-refractivity contribution in [1.82, 2.24) is 14.9 Å². The Balaban J connectivity index is 1.82. The maximum absolute atomic E-state index is 11.5. The molecule has 0 aliphatic carbocycles. The van der Waals surface area contributed by atoms with Crippen LogP contribution in [-0.2, 0) is 11.3 Å². The Kier molecular flexibility index (Phi) is 4.88. The third-order valence-corrected chi connectivity index (χ3v) is 3.25. The predicted octanol–water partition coefficient (Wildman–Crippen LogP) is 3.71. The number of ether oxygens (including phenoxy) is 1. The number of nitrogens with zero attached hydrogens (tertiary/aromatic N) is 2. The first-order valence-electron chi connectivity index (χ1n) is 6.92. The van der Waals surface area contributed by atoms with Crippen molar-refractivity contribution >= 4 is 33.1 Å². The molecule has 0 saturated carbocycles. The summed E-state index contributed by atoms with van der Waals surface area (Å²) in [6.07, 6.45) is 4.25. The van der Waals surface area contributed by atoms with E-state index in [-0.39, 0.29) is 6.09 Å². The number of carbonyl (C=O) groups excluding carboxylic acids is 1. The molecular weight excluding hydrogens is 334 g/mol. The first-order chi connectivity index (χ1) is 9.85. The van der Waals surface area contributed by atoms with Crippen LogP contribution < -0.4 is 5.32 Å². The third-order valence-electron chi connectivity index (χ3n) is 2.81. The SMILES string of the molecule is CC(C)(C)OC(=O)NCCCn1ccc2cc(Br)cnc21. The van der Waals surface area contributed by atoms with Crippen LogP contribution in [0.2, 0.25) is 0 Å². The highest BCUT2D eigenvalue weighted by Crippen LogP contribution is 2.18. The van der Waals surface area contributed by atoms with Gasteiger partial charge in [0.05, 0.1) is 0 Å². The Hall–Kier alpha value is -1.56. The highest BCUT2D eigenvalue weighted by molar-refractivity contribution is 9.10. The fourth-order valence-corrected chi connectivity index (χ4v) is 2.33. The number of pyridine rings is 1. The standard InChI is InChI=1S/C15H20BrN3O2/c1-15(2,3)21-14(20)17-6-4-7-19-8-5-11-9-12(16)10-18-13(11)19/h5,8-10H,4,6-7H2,1-3H3,(H,17,20). The molecule has 0 bridgehead atoms. The second-order valence-corrected chi connectivity index (χ2v) is 6.77. The number of alkyl carbamates (subject to hydrolysis) is 1. The van der Waals surface area contributed by atoms with Gasteiger partial charge < -0.3 is 14.6 Å². The fraction of sp³-hybridized carbons (Fsp3) is 0.467. The summed E-state index contributed by atoms with van der Waals surface area (Å²) in [6, 6.07) is 4.08. The lowest BCUT2D eigenvalue weighted by molar-refractivity contribution is 0.0527. The molecule has 0 aromatic carbocycles. The van der Waals surface area contributed by atoms with Crippen molar-refractivity contribution < 1.29 is 9.53 Å². The molecule has 0 saturated heterocycles. The average molecular weight is 354 g/mol. The summed E-state index contributed by atoms with van der Waals surface area (Å²) >= 11 is 3.41. The van der Waals surface area contributed by atoms with E-state index >= 15 is 0 Å². The largest absolute Gasteiger partial charge is 0.444 e. The molecule has 2 aromatic rings. The van der Waals surface area contributed by atoms with Crippen LogP contribution in [0.1, 0.15) is 27.2 Å². The lowest BCUT2D eigenvalue weighted by Crippen LogP contribution is -2.33. The zero-order valence-electron chi connectivity index (χ0n) is 12.5. The summed E-state index contributed by atoms with van der Waals surface area (Å²) in [4.78, 5) is 15.9. The van der Waals surface area contributed by atoms with Gasteiger partial charge in [-0.15, -0.1) is 0 Å². The first kappa shape index (κ1) is 15.8. The average Bonchev–Trinajstić information content (AvgIpc) is 2.75. The Labute approximate surface area is 132 Å². The minimum atomic E-state index is -0.460. The summed E-state index contributed by atoms with van der Waals surface area (Å²) in [5.74, 6) is 0. The van der Waals surface area contributed by atoms with Gasteiger partial charge in [0.25, 0.3) is 0 Å². The van der Waals surface area contributed by atoms with Crippen molar-refractivity contribution in [1.29, 1.82) is 0 Å². The minimum Gasteiger partial charge on any atom is -0.444 e. The van der Waals surface area contributed by atoms with E-state index in [1.165, 1.54) is 0 Å². The van der Waals surface area contributed by atoms with Gasteiger partial charge in [-0.3, -0.25) is 0 Å². The van der Waals surface area contributed by atoms with E-state index in [1.54, 1.807) is 6.20 Å². The number of fused-ring (bicyclic) bond motifs is 1. The van der Waals surface area contributed by atoms with E-state index in [0.717, 1.165) is 28.5 Å². The van der Waals surface area contributed by atoms with Crippen LogP contribution in [0.15, 0.2) is 29.0 Å². The smallest absolute Gasteiger partial charge is 0.407 e. The van der Waals surface area contributed by atoms with Crippen LogP contribution in [0.25, 0.3) is 11.0 Å². The summed E-state index contributed by atoms with van der Waals surface area (Å²) in [7, 11) is 0. The van der Waals surface area contributed by atoms with Crippen LogP contribution in [0.4, 0.5) is 4.79 Å². The summed E-state index contributed by atoms with van der Waals surface area (Å²) in [5, 5.41) is 3.86. The lowest BCUT2D eigenvalue weighted by atomic mass is 10.2. The number of amides is 1. The van der Waals surface area contributed by atoms with Gasteiger partial charge in [-0.25, -0.2) is 9.78 Å². The molecule has 0 radical (unpaired) electrons. The molecule has 6 heteroatoms. The number of nitrogens with one attached hydrogen (secondary N) is 1. The summed E-state index contributed by atoms with van der Waals surface area (Å²) in [6.45, 7) is 6.92. The molecule has 2 rings (SSSR count). The van der Waals surface area contributed by atoms with Gasteiger partial charge in [0.15, 0.2) is 0 Å². The van der Waals surface area contributed by atoms with Gasteiger partial charge in [-0.1, -0.05) is 0 Å². The van der Waals surface area contributed by atoms with Crippen molar-refractivity contribution in [2.45, 2.75) is 39.3 Å². The van der Waals surface area contributed by atoms with Gasteiger partial charge >= 0.3 is 6.09 Å². The quantitative estimate of drug-likeness (QED) is 0.852. The van der Waals surface area contributed by atoms with Crippen LogP contribution in [-0.4, -0.2) is 27.8 Å². The Morgan fingerprint density at radius 3 is 2.95 bits per heavy atom. The van der Waals surface area contributed by atoms with Gasteiger partial charge in [0.1, 0.15) is 11.2 Å². The van der Waals surface area contributed by atoms with Crippen molar-refractivity contribution in [3.63, 3.8) is 0 Å². The number of aromatic nitrogens is 2. The van der Waals surface area contributed by atoms with Gasteiger partial charge in [-0.2, -0.15) is 0 Å². The van der Waals surface area contributed by atoms with Crippen molar-refractivity contribution in [2.75, 3.05) is 6.54 Å². The first-order valence-corrected chi connectivity index (χ1v) is 7.72. The predicted molar refractivity (Wildman–Crippen MR) is 86.3 cm³/mol. The number of halogens is 1. The van der Waals surface area contributed by atoms with Crippen molar-refractivity contribution in [2.24, 2.45) is 0 Å². The van der Waals surface area contributed by atoms with Gasteiger partial charge in [0, 0.05) is 35.3 Å². The number of rotatable bonds is 4. The molecule has 0 fully saturated rings. The van der Waals surface area contributed by atoms with Crippen LogP contribution in [0.5, 0.6) is 0 Å². The van der Waals surface area contributed by atoms with E-state index in [4.69, 9.17) is 4.74 Å². The second kappa shape index (κ2) is 6.47. The van der Waals surface area contributed by atoms with Gasteiger partial charge in [-0.05, 0) is 55.3 Å². The fourth-order valence-electron chi connectivity index (χ4n) is 1.99. The van der Waals surface area contributed by atoms with E-state index in [2.05, 4.69) is 30.8 Å². The van der Waals surface area contributed by atoms with E-state index in [1.807, 2.05) is 39.1 Å². The van der Waals surface area contributed by atoms with E-state index in [9.17, 15) is 4.79 Å². The van der Waals surface area contributed by atoms with Crippen LogP contribution in [0, 0.1) is 0 Å². The number of aryl methyl sites for hydroxylation is 1. The molecule has 0 spiro atoms. The molecule has 21 heavy (non-hydrogen) atoms. The topological polar surface area (TPSA) is 56.1 Å². The zero-order chi connectivity index (χ0) is 15.5. The second-order valence-electron chi connectivity index (χ2n) is 5.86. The van der Waals surface area contributed by atoms with E-state index in [0.29, 0.717) is 6.54 Å². The summed E-state index contributed by atoms with van der Waals surface area (Å²) < 4.78 is 8.24. The molecule has 1 N–H and O–H groups in total. The van der Waals surface area contributed by atoms with Crippen LogP contribution in [0.3, 0.4) is 0 Å². The molecule has 5 nitrogen and oxygen atoms in total. The van der Waals surface area contributed by atoms with E-state index < -0.39 is 5.60 Å². The molecule has 0 aliphatic heterocycles. The molecule has 0 aliphatic rings. The molecule has 0 unspecified atom stereocenters. The Bertz CT molecular complexity index is 631.